The Labute approximate surface area is 222 Å². The number of anilines is 1. The zero-order valence-electron chi connectivity index (χ0n) is 20.3. The molecule has 0 amide bonds. The average Bonchev–Trinajstić information content (AvgIpc) is 3.28. The summed E-state index contributed by atoms with van der Waals surface area (Å²) in [6, 6.07) is 16.6. The highest BCUT2D eigenvalue weighted by Crippen LogP contribution is 2.30. The number of halogens is 1. The minimum Gasteiger partial charge on any atom is -0.366 e. The van der Waals surface area contributed by atoms with Gasteiger partial charge in [-0.2, -0.15) is 9.61 Å². The molecule has 0 bridgehead atoms. The lowest BCUT2D eigenvalue weighted by Gasteiger charge is -2.14. The van der Waals surface area contributed by atoms with Gasteiger partial charge in [0.25, 0.3) is 0 Å². The van der Waals surface area contributed by atoms with Crippen LogP contribution in [0.4, 0.5) is 5.82 Å². The minimum absolute atomic E-state index is 0.203. The number of hydrogen-bond donors (Lipinski definition) is 2. The fraction of sp³-hybridized carbons (Fsp3) is 0.185. The van der Waals surface area contributed by atoms with Crippen LogP contribution in [-0.2, 0) is 23.1 Å². The molecule has 186 valence electrons. The molecule has 4 aromatic rings. The molecule has 2 radical (unpaired) electrons. The molecule has 37 heavy (non-hydrogen) atoms. The Morgan fingerprint density at radius 3 is 2.54 bits per heavy atom. The third-order valence-electron chi connectivity index (χ3n) is 6.23. The Morgan fingerprint density at radius 2 is 1.81 bits per heavy atom. The summed E-state index contributed by atoms with van der Waals surface area (Å²) in [5.74, 6) is 0.739. The van der Waals surface area contributed by atoms with Gasteiger partial charge in [0.15, 0.2) is 5.65 Å². The first-order valence-electron chi connectivity index (χ1n) is 11.9. The molecule has 2 aromatic heterocycles. The van der Waals surface area contributed by atoms with Gasteiger partial charge in [-0.05, 0) is 48.0 Å². The topological polar surface area (TPSA) is 88.4 Å². The van der Waals surface area contributed by atoms with Gasteiger partial charge >= 0.3 is 0 Å². The van der Waals surface area contributed by atoms with E-state index < -0.39 is 10.0 Å². The van der Waals surface area contributed by atoms with E-state index in [1.165, 1.54) is 0 Å². The van der Waals surface area contributed by atoms with E-state index in [2.05, 4.69) is 26.2 Å². The molecule has 2 N–H and O–H groups in total. The van der Waals surface area contributed by atoms with Gasteiger partial charge in [0, 0.05) is 36.0 Å². The molecule has 0 unspecified atom stereocenters. The molecule has 0 fully saturated rings. The SMILES string of the molecule is [B]c1cnn2c(NCc3ccc(CNS(=O)(=O)c4ccccc4C)cc3)cc(C3=C(Cl)CCC=C3)nc12. The van der Waals surface area contributed by atoms with E-state index in [1.807, 2.05) is 42.5 Å². The molecule has 7 nitrogen and oxygen atoms in total. The van der Waals surface area contributed by atoms with Gasteiger partial charge in [0.05, 0.1) is 10.6 Å². The van der Waals surface area contributed by atoms with Crippen LogP contribution in [0.15, 0.2) is 82.9 Å². The number of nitrogens with one attached hydrogen (secondary N) is 2. The van der Waals surface area contributed by atoms with Crippen LogP contribution in [0.5, 0.6) is 0 Å². The lowest BCUT2D eigenvalue weighted by atomic mass is 10.00. The van der Waals surface area contributed by atoms with E-state index in [0.717, 1.165) is 46.1 Å². The quantitative estimate of drug-likeness (QED) is 0.334. The molecule has 0 atom stereocenters. The van der Waals surface area contributed by atoms with Crippen molar-refractivity contribution in [3.63, 3.8) is 0 Å². The second-order valence-corrected chi connectivity index (χ2v) is 11.1. The van der Waals surface area contributed by atoms with E-state index in [-0.39, 0.29) is 6.54 Å². The number of nitrogens with zero attached hydrogens (tertiary/aromatic N) is 3. The molecule has 10 heteroatoms. The molecular weight excluding hydrogens is 505 g/mol. The molecule has 2 heterocycles. The third-order valence-corrected chi connectivity index (χ3v) is 8.18. The van der Waals surface area contributed by atoms with Gasteiger partial charge < -0.3 is 5.32 Å². The summed E-state index contributed by atoms with van der Waals surface area (Å²) in [7, 11) is 2.53. The lowest BCUT2D eigenvalue weighted by Crippen LogP contribution is -2.24. The van der Waals surface area contributed by atoms with Crippen LogP contribution in [0.2, 0.25) is 0 Å². The molecule has 5 rings (SSSR count). The number of sulfonamides is 1. The largest absolute Gasteiger partial charge is 0.366 e. The van der Waals surface area contributed by atoms with Crippen LogP contribution in [-0.4, -0.2) is 30.9 Å². The Balaban J connectivity index is 1.30. The maximum absolute atomic E-state index is 12.7. The van der Waals surface area contributed by atoms with Crippen molar-refractivity contribution < 1.29 is 8.42 Å². The van der Waals surface area contributed by atoms with E-state index in [9.17, 15) is 8.42 Å². The predicted octanol–water partition coefficient (Wildman–Crippen LogP) is 4.22. The highest BCUT2D eigenvalue weighted by Gasteiger charge is 2.17. The van der Waals surface area contributed by atoms with Crippen molar-refractivity contribution in [3.05, 3.63) is 100 Å². The van der Waals surface area contributed by atoms with Gasteiger partial charge in [0.2, 0.25) is 10.0 Å². The second-order valence-electron chi connectivity index (χ2n) is 8.88. The molecule has 0 saturated carbocycles. The Morgan fingerprint density at radius 1 is 1.08 bits per heavy atom. The van der Waals surface area contributed by atoms with Crippen molar-refractivity contribution in [1.29, 1.82) is 0 Å². The molecule has 0 aliphatic heterocycles. The highest BCUT2D eigenvalue weighted by atomic mass is 35.5. The number of aromatic nitrogens is 3. The molecule has 2 aromatic carbocycles. The monoisotopic (exact) mass is 529 g/mol. The van der Waals surface area contributed by atoms with Gasteiger partial charge in [-0.15, -0.1) is 0 Å². The van der Waals surface area contributed by atoms with Crippen molar-refractivity contribution in [2.45, 2.75) is 37.8 Å². The van der Waals surface area contributed by atoms with Gasteiger partial charge in [0.1, 0.15) is 13.7 Å². The smallest absolute Gasteiger partial charge is 0.241 e. The summed E-state index contributed by atoms with van der Waals surface area (Å²) in [6.45, 7) is 2.51. The van der Waals surface area contributed by atoms with Crippen LogP contribution in [0.1, 0.15) is 35.2 Å². The highest BCUT2D eigenvalue weighted by molar-refractivity contribution is 7.89. The lowest BCUT2D eigenvalue weighted by molar-refractivity contribution is 0.580. The standard InChI is InChI=1S/C27H25BClN5O2S/c1-18-6-2-5-9-25(18)37(35,36)32-16-20-12-10-19(11-13-20)15-30-26-14-24(21-7-3-4-8-23(21)29)33-27-22(28)17-31-34(26)27/h2-3,5-7,9-14,17,30,32H,4,8,15-16H2,1H3. The maximum Gasteiger partial charge on any atom is 0.241 e. The molecule has 0 saturated heterocycles. The number of fused-ring (bicyclic) bond motifs is 1. The number of aryl methyl sites for hydroxylation is 1. The van der Waals surface area contributed by atoms with Crippen LogP contribution in [0.25, 0.3) is 11.2 Å². The van der Waals surface area contributed by atoms with Crippen LogP contribution < -0.4 is 15.5 Å². The summed E-state index contributed by atoms with van der Waals surface area (Å²) < 4.78 is 29.7. The fourth-order valence-corrected chi connectivity index (χ4v) is 5.72. The zero-order valence-corrected chi connectivity index (χ0v) is 21.9. The van der Waals surface area contributed by atoms with Gasteiger partial charge in [-0.25, -0.2) is 18.1 Å². The first-order chi connectivity index (χ1) is 17.8. The van der Waals surface area contributed by atoms with Crippen molar-refractivity contribution in [3.8, 4) is 0 Å². The predicted molar refractivity (Wildman–Crippen MR) is 148 cm³/mol. The Bertz CT molecular complexity index is 1630. The normalized spacial score (nSPS) is 13.9. The van der Waals surface area contributed by atoms with Gasteiger partial charge in [-0.3, -0.25) is 0 Å². The number of allylic oxidation sites excluding steroid dienone is 4. The van der Waals surface area contributed by atoms with Crippen LogP contribution in [0.3, 0.4) is 0 Å². The van der Waals surface area contributed by atoms with E-state index in [1.54, 1.807) is 35.8 Å². The first kappa shape index (κ1) is 25.3. The Kier molecular flexibility index (Phi) is 7.19. The minimum atomic E-state index is -3.59. The molecular formula is C27H25BClN5O2S. The summed E-state index contributed by atoms with van der Waals surface area (Å²) in [5.41, 5.74) is 5.26. The van der Waals surface area contributed by atoms with Crippen molar-refractivity contribution in [2.24, 2.45) is 0 Å². The summed E-state index contributed by atoms with van der Waals surface area (Å²) >= 11 is 6.49. The number of rotatable bonds is 8. The molecule has 1 aliphatic carbocycles. The molecule has 0 spiro atoms. The van der Waals surface area contributed by atoms with Crippen molar-refractivity contribution in [1.82, 2.24) is 19.3 Å². The second kappa shape index (κ2) is 10.5. The number of benzene rings is 2. The van der Waals surface area contributed by atoms with Crippen LogP contribution in [0, 0.1) is 6.92 Å². The Hall–Kier alpha value is -3.40. The van der Waals surface area contributed by atoms with E-state index in [4.69, 9.17) is 19.4 Å². The van der Waals surface area contributed by atoms with Crippen LogP contribution >= 0.6 is 11.6 Å². The van der Waals surface area contributed by atoms with E-state index >= 15 is 0 Å². The summed E-state index contributed by atoms with van der Waals surface area (Å²) in [4.78, 5) is 4.98. The maximum atomic E-state index is 12.7. The van der Waals surface area contributed by atoms with Gasteiger partial charge in [-0.1, -0.05) is 66.2 Å². The average molecular weight is 530 g/mol. The summed E-state index contributed by atoms with van der Waals surface area (Å²) in [5, 5.41) is 8.56. The summed E-state index contributed by atoms with van der Waals surface area (Å²) in [6.07, 6.45) is 7.35. The number of hydrogen-bond acceptors (Lipinski definition) is 5. The first-order valence-corrected chi connectivity index (χ1v) is 13.7. The third kappa shape index (κ3) is 5.49. The van der Waals surface area contributed by atoms with E-state index in [0.29, 0.717) is 28.1 Å². The fourth-order valence-electron chi connectivity index (χ4n) is 4.19. The van der Waals surface area contributed by atoms with Crippen molar-refractivity contribution in [2.75, 3.05) is 5.32 Å². The zero-order chi connectivity index (χ0) is 26.0. The molecule has 1 aliphatic rings. The van der Waals surface area contributed by atoms with Crippen molar-refractivity contribution >= 4 is 52.0 Å².